The number of carbonyl (C=O) groups is 2. The topological polar surface area (TPSA) is 72.2 Å². The maximum atomic E-state index is 11.0. The van der Waals surface area contributed by atoms with Crippen molar-refractivity contribution in [2.75, 3.05) is 0 Å². The summed E-state index contributed by atoms with van der Waals surface area (Å²) >= 11 is 0. The molecule has 1 saturated heterocycles. The van der Waals surface area contributed by atoms with Gasteiger partial charge in [0, 0.05) is 6.04 Å². The highest BCUT2D eigenvalue weighted by atomic mass is 16.2. The van der Waals surface area contributed by atoms with Crippen LogP contribution in [0, 0.1) is 5.92 Å². The van der Waals surface area contributed by atoms with Crippen molar-refractivity contribution >= 4 is 11.8 Å². The number of carbonyl (C=O) groups excluding carboxylic acids is 2. The van der Waals surface area contributed by atoms with E-state index in [4.69, 9.17) is 5.73 Å². The van der Waals surface area contributed by atoms with E-state index in [1.54, 1.807) is 0 Å². The second-order valence-electron chi connectivity index (χ2n) is 2.94. The molecule has 0 radical (unpaired) electrons. The fourth-order valence-corrected chi connectivity index (χ4v) is 1.23. The first-order chi connectivity index (χ1) is 5.11. The van der Waals surface area contributed by atoms with Crippen molar-refractivity contribution in [3.8, 4) is 0 Å². The number of nitrogens with two attached hydrogens (primary N) is 1. The Kier molecular flexibility index (Phi) is 2.12. The van der Waals surface area contributed by atoms with Gasteiger partial charge in [0.25, 0.3) is 0 Å². The van der Waals surface area contributed by atoms with Crippen LogP contribution in [-0.4, -0.2) is 17.9 Å². The molecule has 0 aliphatic carbocycles. The van der Waals surface area contributed by atoms with Crippen LogP contribution in [0.2, 0.25) is 0 Å². The Morgan fingerprint density at radius 1 is 1.64 bits per heavy atom. The zero-order valence-electron chi connectivity index (χ0n) is 6.46. The lowest BCUT2D eigenvalue weighted by molar-refractivity contribution is -0.135. The van der Waals surface area contributed by atoms with Crippen LogP contribution in [0.15, 0.2) is 0 Å². The Morgan fingerprint density at radius 2 is 2.27 bits per heavy atom. The summed E-state index contributed by atoms with van der Waals surface area (Å²) in [6.45, 7) is 1.91. The molecule has 62 valence electrons. The number of piperidine rings is 1. The van der Waals surface area contributed by atoms with Crippen LogP contribution in [0.1, 0.15) is 19.8 Å². The van der Waals surface area contributed by atoms with Gasteiger partial charge in [-0.25, -0.2) is 0 Å². The second kappa shape index (κ2) is 2.90. The maximum absolute atomic E-state index is 11.0. The molecule has 1 aliphatic rings. The largest absolute Gasteiger partial charge is 0.369 e. The summed E-state index contributed by atoms with van der Waals surface area (Å²) in [6, 6.07) is 0.179. The minimum atomic E-state index is -0.605. The molecular formula is C7H12N2O2. The third-order valence-corrected chi connectivity index (χ3v) is 1.94. The number of primary amides is 1. The van der Waals surface area contributed by atoms with Crippen LogP contribution >= 0.6 is 0 Å². The monoisotopic (exact) mass is 156 g/mol. The molecule has 4 heteroatoms. The van der Waals surface area contributed by atoms with Crippen LogP contribution in [0.5, 0.6) is 0 Å². The van der Waals surface area contributed by atoms with Crippen molar-refractivity contribution in [1.82, 2.24) is 5.32 Å². The average Bonchev–Trinajstić information content (AvgIpc) is 1.85. The molecule has 2 unspecified atom stereocenters. The van der Waals surface area contributed by atoms with Crippen LogP contribution in [-0.2, 0) is 9.59 Å². The normalized spacial score (nSPS) is 31.2. The van der Waals surface area contributed by atoms with Crippen molar-refractivity contribution < 1.29 is 9.59 Å². The molecule has 1 rings (SSSR count). The average molecular weight is 156 g/mol. The number of nitrogens with one attached hydrogen (secondary N) is 1. The quantitative estimate of drug-likeness (QED) is 0.497. The van der Waals surface area contributed by atoms with Gasteiger partial charge in [-0.15, -0.1) is 0 Å². The van der Waals surface area contributed by atoms with E-state index in [0.29, 0.717) is 6.42 Å². The highest BCUT2D eigenvalue weighted by Gasteiger charge is 2.29. The van der Waals surface area contributed by atoms with Crippen LogP contribution < -0.4 is 11.1 Å². The van der Waals surface area contributed by atoms with Crippen molar-refractivity contribution in [3.05, 3.63) is 0 Å². The van der Waals surface area contributed by atoms with Crippen molar-refractivity contribution in [2.45, 2.75) is 25.8 Å². The Balaban J connectivity index is 2.58. The fourth-order valence-electron chi connectivity index (χ4n) is 1.23. The number of rotatable bonds is 1. The van der Waals surface area contributed by atoms with E-state index in [-0.39, 0.29) is 11.9 Å². The summed E-state index contributed by atoms with van der Waals surface area (Å²) in [6.07, 6.45) is 1.42. The van der Waals surface area contributed by atoms with Crippen LogP contribution in [0.25, 0.3) is 0 Å². The summed E-state index contributed by atoms with van der Waals surface area (Å²) in [4.78, 5) is 21.7. The highest BCUT2D eigenvalue weighted by molar-refractivity contribution is 6.00. The van der Waals surface area contributed by atoms with Gasteiger partial charge in [-0.05, 0) is 19.8 Å². The van der Waals surface area contributed by atoms with Crippen molar-refractivity contribution in [3.63, 3.8) is 0 Å². The molecule has 4 nitrogen and oxygen atoms in total. The van der Waals surface area contributed by atoms with Crippen LogP contribution in [0.3, 0.4) is 0 Å². The van der Waals surface area contributed by atoms with Gasteiger partial charge in [-0.2, -0.15) is 0 Å². The maximum Gasteiger partial charge on any atom is 0.232 e. The molecule has 3 N–H and O–H groups in total. The summed E-state index contributed by atoms with van der Waals surface area (Å²) < 4.78 is 0. The zero-order chi connectivity index (χ0) is 8.43. The Hall–Kier alpha value is -1.06. The van der Waals surface area contributed by atoms with Gasteiger partial charge in [-0.1, -0.05) is 0 Å². The standard InChI is InChI=1S/C7H12N2O2/c1-4-2-3-5(6(8)10)7(11)9-4/h4-5H,2-3H2,1H3,(H2,8,10)(H,9,11). The molecule has 0 bridgehead atoms. The fraction of sp³-hybridized carbons (Fsp3) is 0.714. The van der Waals surface area contributed by atoms with E-state index >= 15 is 0 Å². The van der Waals surface area contributed by atoms with E-state index in [1.807, 2.05) is 6.92 Å². The van der Waals surface area contributed by atoms with Gasteiger partial charge >= 0.3 is 0 Å². The lowest BCUT2D eigenvalue weighted by Crippen LogP contribution is -2.47. The molecule has 0 aromatic rings. The molecular weight excluding hydrogens is 144 g/mol. The number of hydrogen-bond acceptors (Lipinski definition) is 2. The lowest BCUT2D eigenvalue weighted by Gasteiger charge is -2.24. The first-order valence-electron chi connectivity index (χ1n) is 3.71. The summed E-state index contributed by atoms with van der Waals surface area (Å²) in [7, 11) is 0. The minimum Gasteiger partial charge on any atom is -0.369 e. The Labute approximate surface area is 65.1 Å². The molecule has 1 heterocycles. The smallest absolute Gasteiger partial charge is 0.232 e. The van der Waals surface area contributed by atoms with Gasteiger partial charge in [0.05, 0.1) is 0 Å². The minimum absolute atomic E-state index is 0.179. The van der Waals surface area contributed by atoms with E-state index in [0.717, 1.165) is 6.42 Å². The zero-order valence-corrected chi connectivity index (χ0v) is 6.46. The molecule has 1 fully saturated rings. The van der Waals surface area contributed by atoms with Crippen LogP contribution in [0.4, 0.5) is 0 Å². The molecule has 0 spiro atoms. The number of amides is 2. The number of hydrogen-bond donors (Lipinski definition) is 2. The van der Waals surface area contributed by atoms with E-state index < -0.39 is 11.8 Å². The molecule has 0 aromatic heterocycles. The van der Waals surface area contributed by atoms with Gasteiger partial charge in [0.1, 0.15) is 5.92 Å². The first kappa shape index (κ1) is 8.04. The predicted molar refractivity (Wildman–Crippen MR) is 39.5 cm³/mol. The predicted octanol–water partition coefficient (Wildman–Crippen LogP) is -0.614. The third kappa shape index (κ3) is 1.69. The Morgan fingerprint density at radius 3 is 2.73 bits per heavy atom. The van der Waals surface area contributed by atoms with Gasteiger partial charge < -0.3 is 11.1 Å². The van der Waals surface area contributed by atoms with E-state index in [2.05, 4.69) is 5.32 Å². The highest BCUT2D eigenvalue weighted by Crippen LogP contribution is 2.14. The molecule has 1 aliphatic heterocycles. The van der Waals surface area contributed by atoms with Crippen molar-refractivity contribution in [2.24, 2.45) is 11.7 Å². The lowest BCUT2D eigenvalue weighted by atomic mass is 9.94. The first-order valence-corrected chi connectivity index (χ1v) is 3.71. The third-order valence-electron chi connectivity index (χ3n) is 1.94. The molecule has 0 saturated carbocycles. The van der Waals surface area contributed by atoms with E-state index in [1.165, 1.54) is 0 Å². The van der Waals surface area contributed by atoms with Gasteiger partial charge in [0.2, 0.25) is 11.8 Å². The van der Waals surface area contributed by atoms with Gasteiger partial charge in [-0.3, -0.25) is 9.59 Å². The Bertz CT molecular complexity index is 191. The summed E-state index contributed by atoms with van der Waals surface area (Å²) in [5.41, 5.74) is 5.00. The molecule has 2 atom stereocenters. The van der Waals surface area contributed by atoms with Crippen molar-refractivity contribution in [1.29, 1.82) is 0 Å². The summed E-state index contributed by atoms with van der Waals surface area (Å²) in [5.74, 6) is -1.35. The summed E-state index contributed by atoms with van der Waals surface area (Å²) in [5, 5.41) is 2.67. The van der Waals surface area contributed by atoms with Gasteiger partial charge in [0.15, 0.2) is 0 Å². The van der Waals surface area contributed by atoms with E-state index in [9.17, 15) is 9.59 Å². The molecule has 11 heavy (non-hydrogen) atoms. The molecule has 0 aromatic carbocycles. The second-order valence-corrected chi connectivity index (χ2v) is 2.94. The molecule has 2 amide bonds. The SMILES string of the molecule is CC1CCC(C(N)=O)C(=O)N1.